The standard InChI is InChI=1S/C31H36ClN5O2/c1-35-21-33-19-24(35)20-36-14-10-31(11-15-36)12-16-37(17-13-31)30(39)23-7-6-22-8-9-28(26(22)18-23)34-29(38)25-4-2-3-5-27(25)32/h2-7,18-19,21,28H,8-17,20H2,1H3,(H,34,38). The molecule has 0 radical (unpaired) electrons. The number of imidazole rings is 1. The lowest BCUT2D eigenvalue weighted by Crippen LogP contribution is -2.48. The van der Waals surface area contributed by atoms with Gasteiger partial charge in [-0.05, 0) is 92.4 Å². The molecule has 2 amide bonds. The van der Waals surface area contributed by atoms with Crippen molar-refractivity contribution >= 4 is 23.4 Å². The highest BCUT2D eigenvalue weighted by atomic mass is 35.5. The van der Waals surface area contributed by atoms with E-state index in [1.54, 1.807) is 12.1 Å². The van der Waals surface area contributed by atoms with Crippen molar-refractivity contribution in [3.63, 3.8) is 0 Å². The van der Waals surface area contributed by atoms with Crippen LogP contribution in [0.2, 0.25) is 5.02 Å². The summed E-state index contributed by atoms with van der Waals surface area (Å²) in [5.41, 5.74) is 5.05. The Labute approximate surface area is 235 Å². The molecule has 6 rings (SSSR count). The van der Waals surface area contributed by atoms with E-state index in [1.165, 1.54) is 24.1 Å². The zero-order chi connectivity index (χ0) is 27.0. The van der Waals surface area contributed by atoms with Gasteiger partial charge in [0.25, 0.3) is 11.8 Å². The number of aryl methyl sites for hydroxylation is 2. The van der Waals surface area contributed by atoms with E-state index in [4.69, 9.17) is 11.6 Å². The van der Waals surface area contributed by atoms with Crippen LogP contribution in [-0.4, -0.2) is 57.3 Å². The quantitative estimate of drug-likeness (QED) is 0.489. The molecule has 0 bridgehead atoms. The van der Waals surface area contributed by atoms with Gasteiger partial charge in [0.15, 0.2) is 0 Å². The van der Waals surface area contributed by atoms with Crippen molar-refractivity contribution < 1.29 is 9.59 Å². The van der Waals surface area contributed by atoms with Crippen molar-refractivity contribution in [1.82, 2.24) is 24.7 Å². The summed E-state index contributed by atoms with van der Waals surface area (Å²) in [5.74, 6) is -0.0766. The number of rotatable bonds is 5. The molecule has 39 heavy (non-hydrogen) atoms. The molecule has 204 valence electrons. The fourth-order valence-corrected chi connectivity index (χ4v) is 6.81. The number of fused-ring (bicyclic) bond motifs is 1. The van der Waals surface area contributed by atoms with Crippen molar-refractivity contribution in [1.29, 1.82) is 0 Å². The zero-order valence-electron chi connectivity index (χ0n) is 22.5. The molecular weight excluding hydrogens is 510 g/mol. The smallest absolute Gasteiger partial charge is 0.253 e. The minimum atomic E-state index is -0.178. The zero-order valence-corrected chi connectivity index (χ0v) is 23.3. The van der Waals surface area contributed by atoms with Crippen LogP contribution in [0.5, 0.6) is 0 Å². The SMILES string of the molecule is Cn1cncc1CN1CCC2(CC1)CCN(C(=O)c1ccc3c(c1)C(NC(=O)c1ccccc1Cl)CC3)CC2. The van der Waals surface area contributed by atoms with E-state index in [2.05, 4.69) is 32.9 Å². The Hall–Kier alpha value is -3.16. The van der Waals surface area contributed by atoms with E-state index in [9.17, 15) is 9.59 Å². The lowest BCUT2D eigenvalue weighted by Gasteiger charge is -2.47. The number of benzene rings is 2. The Morgan fingerprint density at radius 2 is 1.79 bits per heavy atom. The maximum atomic E-state index is 13.5. The van der Waals surface area contributed by atoms with Crippen LogP contribution in [0.15, 0.2) is 55.0 Å². The van der Waals surface area contributed by atoms with Crippen LogP contribution >= 0.6 is 11.6 Å². The molecule has 2 fully saturated rings. The van der Waals surface area contributed by atoms with Gasteiger partial charge in [-0.25, -0.2) is 4.98 Å². The van der Waals surface area contributed by atoms with Crippen LogP contribution in [0, 0.1) is 5.41 Å². The molecule has 3 aromatic rings. The predicted molar refractivity (Wildman–Crippen MR) is 152 cm³/mol. The second-order valence-corrected chi connectivity index (χ2v) is 11.9. The second-order valence-electron chi connectivity index (χ2n) is 11.5. The summed E-state index contributed by atoms with van der Waals surface area (Å²) < 4.78 is 2.10. The van der Waals surface area contributed by atoms with Gasteiger partial charge in [-0.1, -0.05) is 29.8 Å². The highest BCUT2D eigenvalue weighted by Gasteiger charge is 2.39. The van der Waals surface area contributed by atoms with Crippen molar-refractivity contribution in [3.05, 3.63) is 88.0 Å². The van der Waals surface area contributed by atoms with E-state index < -0.39 is 0 Å². The number of piperidine rings is 2. The summed E-state index contributed by atoms with van der Waals surface area (Å²) in [7, 11) is 2.05. The third kappa shape index (κ3) is 5.35. The number of nitrogens with one attached hydrogen (secondary N) is 1. The molecular formula is C31H36ClN5O2. The van der Waals surface area contributed by atoms with E-state index in [-0.39, 0.29) is 17.9 Å². The van der Waals surface area contributed by atoms with Crippen molar-refractivity contribution in [2.24, 2.45) is 12.5 Å². The molecule has 0 saturated carbocycles. The normalized spacial score (nSPS) is 20.7. The van der Waals surface area contributed by atoms with Crippen LogP contribution in [0.4, 0.5) is 0 Å². The van der Waals surface area contributed by atoms with E-state index in [0.717, 1.165) is 69.5 Å². The molecule has 2 saturated heterocycles. The number of aromatic nitrogens is 2. The third-order valence-corrected chi connectivity index (χ3v) is 9.55. The molecule has 2 aliphatic heterocycles. The summed E-state index contributed by atoms with van der Waals surface area (Å²) in [6.07, 6.45) is 10.1. The maximum Gasteiger partial charge on any atom is 0.253 e. The molecule has 1 N–H and O–H groups in total. The second kappa shape index (κ2) is 10.8. The van der Waals surface area contributed by atoms with Crippen molar-refractivity contribution in [3.8, 4) is 0 Å². The first-order chi connectivity index (χ1) is 18.9. The van der Waals surface area contributed by atoms with Gasteiger partial charge in [0.2, 0.25) is 0 Å². The Kier molecular flexibility index (Phi) is 7.21. The molecule has 1 unspecified atom stereocenters. The highest BCUT2D eigenvalue weighted by molar-refractivity contribution is 6.33. The summed E-state index contributed by atoms with van der Waals surface area (Å²) in [6.45, 7) is 4.78. The third-order valence-electron chi connectivity index (χ3n) is 9.22. The monoisotopic (exact) mass is 545 g/mol. The van der Waals surface area contributed by atoms with Gasteiger partial charge in [-0.15, -0.1) is 0 Å². The molecule has 1 aliphatic carbocycles. The van der Waals surface area contributed by atoms with Crippen molar-refractivity contribution in [2.45, 2.75) is 51.1 Å². The van der Waals surface area contributed by atoms with E-state index in [0.29, 0.717) is 16.0 Å². The average Bonchev–Trinajstić information content (AvgIpc) is 3.55. The average molecular weight is 546 g/mol. The van der Waals surface area contributed by atoms with Gasteiger partial charge >= 0.3 is 0 Å². The fourth-order valence-electron chi connectivity index (χ4n) is 6.58. The Morgan fingerprint density at radius 3 is 2.51 bits per heavy atom. The van der Waals surface area contributed by atoms with Crippen LogP contribution in [0.1, 0.15) is 75.7 Å². The summed E-state index contributed by atoms with van der Waals surface area (Å²) in [6, 6.07) is 13.0. The van der Waals surface area contributed by atoms with Gasteiger partial charge in [0, 0.05) is 38.4 Å². The first-order valence-corrected chi connectivity index (χ1v) is 14.4. The van der Waals surface area contributed by atoms with Crippen LogP contribution in [0.25, 0.3) is 0 Å². The minimum Gasteiger partial charge on any atom is -0.345 e. The summed E-state index contributed by atoms with van der Waals surface area (Å²) in [5, 5.41) is 3.58. The molecule has 7 nitrogen and oxygen atoms in total. The van der Waals surface area contributed by atoms with Gasteiger partial charge in [-0.2, -0.15) is 0 Å². The van der Waals surface area contributed by atoms with Gasteiger partial charge < -0.3 is 14.8 Å². The maximum absolute atomic E-state index is 13.5. The number of carbonyl (C=O) groups is 2. The lowest BCUT2D eigenvalue weighted by molar-refractivity contribution is 0.0281. The first-order valence-electron chi connectivity index (χ1n) is 14.1. The first kappa shape index (κ1) is 26.1. The molecule has 1 atom stereocenters. The molecule has 8 heteroatoms. The van der Waals surface area contributed by atoms with E-state index in [1.807, 2.05) is 41.7 Å². The molecule has 3 heterocycles. The van der Waals surface area contributed by atoms with Crippen LogP contribution in [0.3, 0.4) is 0 Å². The van der Waals surface area contributed by atoms with E-state index >= 15 is 0 Å². The topological polar surface area (TPSA) is 70.5 Å². The van der Waals surface area contributed by atoms with Gasteiger partial charge in [0.1, 0.15) is 0 Å². The van der Waals surface area contributed by atoms with Crippen LogP contribution in [-0.2, 0) is 20.0 Å². The van der Waals surface area contributed by atoms with Gasteiger partial charge in [0.05, 0.1) is 28.6 Å². The van der Waals surface area contributed by atoms with Gasteiger partial charge in [-0.3, -0.25) is 14.5 Å². The number of amides is 2. The Morgan fingerprint density at radius 1 is 1.05 bits per heavy atom. The number of halogens is 1. The molecule has 3 aliphatic rings. The molecule has 2 aromatic carbocycles. The summed E-state index contributed by atoms with van der Waals surface area (Å²) in [4.78, 5) is 35.2. The van der Waals surface area contributed by atoms with Crippen LogP contribution < -0.4 is 5.32 Å². The Bertz CT molecular complexity index is 1370. The number of likely N-dealkylation sites (tertiary alicyclic amines) is 2. The fraction of sp³-hybridized carbons (Fsp3) is 0.452. The Balaban J connectivity index is 1.06. The molecule has 1 aromatic heterocycles. The predicted octanol–water partition coefficient (Wildman–Crippen LogP) is 5.01. The molecule has 1 spiro atoms. The number of carbonyl (C=O) groups excluding carboxylic acids is 2. The lowest BCUT2D eigenvalue weighted by atomic mass is 9.71. The van der Waals surface area contributed by atoms with Crippen molar-refractivity contribution in [2.75, 3.05) is 26.2 Å². The number of hydrogen-bond acceptors (Lipinski definition) is 4. The number of hydrogen-bond donors (Lipinski definition) is 1. The largest absolute Gasteiger partial charge is 0.345 e. The minimum absolute atomic E-state index is 0.101. The summed E-state index contributed by atoms with van der Waals surface area (Å²) >= 11 is 6.24. The number of nitrogens with zero attached hydrogens (tertiary/aromatic N) is 4. The highest BCUT2D eigenvalue weighted by Crippen LogP contribution is 2.42.